The minimum absolute atomic E-state index is 0.0682. The second-order valence-electron chi connectivity index (χ2n) is 3.32. The van der Waals surface area contributed by atoms with Gasteiger partial charge in [0.05, 0.1) is 5.75 Å². The summed E-state index contributed by atoms with van der Waals surface area (Å²) in [4.78, 5) is 11.4. The molecule has 0 aliphatic heterocycles. The minimum atomic E-state index is -2.93. The van der Waals surface area contributed by atoms with Gasteiger partial charge in [-0.05, 0) is 25.3 Å². The first kappa shape index (κ1) is 13.4. The molecule has 0 N–H and O–H groups in total. The van der Waals surface area contributed by atoms with Crippen molar-refractivity contribution in [3.8, 4) is 0 Å². The Bertz CT molecular complexity index is 312. The van der Waals surface area contributed by atoms with E-state index in [0.717, 1.165) is 5.57 Å². The Kier molecular flexibility index (Phi) is 5.69. The van der Waals surface area contributed by atoms with Crippen LogP contribution in [0.25, 0.3) is 0 Å². The van der Waals surface area contributed by atoms with Gasteiger partial charge in [-0.2, -0.15) is 0 Å². The topological polar surface area (TPSA) is 51.2 Å². The average Bonchev–Trinajstić information content (AvgIpc) is 2.04. The lowest BCUT2D eigenvalue weighted by atomic mass is 10.1. The first-order valence-electron chi connectivity index (χ1n) is 4.76. The minimum Gasteiger partial charge on any atom is -0.295 e. The van der Waals surface area contributed by atoms with E-state index in [0.29, 0.717) is 19.3 Å². The first-order chi connectivity index (χ1) is 6.40. The normalized spacial score (nSPS) is 12.9. The van der Waals surface area contributed by atoms with Crippen LogP contribution in [0.2, 0.25) is 0 Å². The molecule has 82 valence electrons. The lowest BCUT2D eigenvalue weighted by Crippen LogP contribution is -2.07. The molecule has 0 aromatic heterocycles. The summed E-state index contributed by atoms with van der Waals surface area (Å²) in [6, 6.07) is 0. The summed E-state index contributed by atoms with van der Waals surface area (Å²) in [5, 5.41) is 0. The van der Waals surface area contributed by atoms with Crippen molar-refractivity contribution < 1.29 is 13.2 Å². The Hall–Kier alpha value is -0.640. The molecule has 0 radical (unpaired) electrons. The molecular weight excluding hydrogens is 200 g/mol. The highest BCUT2D eigenvalue weighted by Gasteiger charge is 2.08. The summed E-state index contributed by atoms with van der Waals surface area (Å²) in [5.74, 6) is 0.165. The molecule has 0 amide bonds. The van der Waals surface area contributed by atoms with Crippen LogP contribution in [0.4, 0.5) is 0 Å². The number of hydrogen-bond acceptors (Lipinski definition) is 3. The number of rotatable bonds is 6. The number of sulfone groups is 1. The smallest absolute Gasteiger partial charge is 0.158 e. The fourth-order valence-electron chi connectivity index (χ4n) is 1.22. The van der Waals surface area contributed by atoms with Crippen molar-refractivity contribution in [1.29, 1.82) is 0 Å². The number of hydrogen-bond donors (Lipinski definition) is 0. The molecule has 0 bridgehead atoms. The first-order valence-corrected chi connectivity index (χ1v) is 6.83. The zero-order valence-corrected chi connectivity index (χ0v) is 9.86. The van der Waals surface area contributed by atoms with Gasteiger partial charge >= 0.3 is 0 Å². The van der Waals surface area contributed by atoms with E-state index in [-0.39, 0.29) is 11.5 Å². The maximum atomic E-state index is 11.4. The molecule has 0 fully saturated rings. The predicted molar refractivity (Wildman–Crippen MR) is 58.0 cm³/mol. The van der Waals surface area contributed by atoms with Gasteiger partial charge in [0.15, 0.2) is 5.78 Å². The van der Waals surface area contributed by atoms with Crippen LogP contribution < -0.4 is 0 Å². The Balaban J connectivity index is 3.98. The highest BCUT2D eigenvalue weighted by atomic mass is 32.2. The van der Waals surface area contributed by atoms with Crippen molar-refractivity contribution in [3.63, 3.8) is 0 Å². The average molecular weight is 218 g/mol. The highest BCUT2D eigenvalue weighted by molar-refractivity contribution is 7.90. The molecule has 0 saturated heterocycles. The SMILES string of the molecule is CC=C(CC)C(=O)CCCS(C)(=O)=O. The maximum Gasteiger partial charge on any atom is 0.158 e. The molecule has 0 spiro atoms. The molecule has 3 nitrogen and oxygen atoms in total. The fourth-order valence-corrected chi connectivity index (χ4v) is 1.89. The summed E-state index contributed by atoms with van der Waals surface area (Å²) in [7, 11) is -2.93. The molecule has 0 aromatic rings. The van der Waals surface area contributed by atoms with Gasteiger partial charge in [0.2, 0.25) is 0 Å². The second kappa shape index (κ2) is 5.96. The fraction of sp³-hybridized carbons (Fsp3) is 0.700. The van der Waals surface area contributed by atoms with Gasteiger partial charge in [0.25, 0.3) is 0 Å². The largest absolute Gasteiger partial charge is 0.295 e. The molecule has 0 aliphatic carbocycles. The van der Waals surface area contributed by atoms with Crippen LogP contribution in [0.15, 0.2) is 11.6 Å². The van der Waals surface area contributed by atoms with E-state index in [1.165, 1.54) is 6.26 Å². The predicted octanol–water partition coefficient (Wildman–Crippen LogP) is 1.74. The van der Waals surface area contributed by atoms with Crippen molar-refractivity contribution >= 4 is 15.6 Å². The lowest BCUT2D eigenvalue weighted by molar-refractivity contribution is -0.115. The third-order valence-corrected chi connectivity index (χ3v) is 3.04. The van der Waals surface area contributed by atoms with E-state index in [4.69, 9.17) is 0 Å². The zero-order valence-electron chi connectivity index (χ0n) is 9.04. The summed E-state index contributed by atoms with van der Waals surface area (Å²) in [6.07, 6.45) is 4.46. The number of carbonyl (C=O) groups excluding carboxylic acids is 1. The van der Waals surface area contributed by atoms with Crippen molar-refractivity contribution in [2.45, 2.75) is 33.1 Å². The van der Waals surface area contributed by atoms with Crippen LogP contribution in [-0.4, -0.2) is 26.2 Å². The van der Waals surface area contributed by atoms with E-state index < -0.39 is 9.84 Å². The molecule has 0 aromatic carbocycles. The number of allylic oxidation sites excluding steroid dienone is 2. The molecular formula is C10H18O3S. The van der Waals surface area contributed by atoms with Crippen LogP contribution in [0.3, 0.4) is 0 Å². The number of Topliss-reactive ketones (excluding diaryl/α,β-unsaturated/α-hetero) is 1. The Morgan fingerprint density at radius 1 is 1.36 bits per heavy atom. The monoisotopic (exact) mass is 218 g/mol. The van der Waals surface area contributed by atoms with E-state index >= 15 is 0 Å². The lowest BCUT2D eigenvalue weighted by Gasteiger charge is -2.02. The zero-order chi connectivity index (χ0) is 11.2. The van der Waals surface area contributed by atoms with Crippen molar-refractivity contribution in [2.75, 3.05) is 12.0 Å². The van der Waals surface area contributed by atoms with Gasteiger partial charge in [-0.1, -0.05) is 13.0 Å². The van der Waals surface area contributed by atoms with Crippen molar-refractivity contribution in [1.82, 2.24) is 0 Å². The molecule has 14 heavy (non-hydrogen) atoms. The van der Waals surface area contributed by atoms with Crippen molar-refractivity contribution in [2.24, 2.45) is 0 Å². The third-order valence-electron chi connectivity index (χ3n) is 2.01. The quantitative estimate of drug-likeness (QED) is 0.638. The summed E-state index contributed by atoms with van der Waals surface area (Å²) >= 11 is 0. The van der Waals surface area contributed by atoms with E-state index in [1.807, 2.05) is 13.8 Å². The molecule has 4 heteroatoms. The van der Waals surface area contributed by atoms with Crippen LogP contribution in [0.5, 0.6) is 0 Å². The summed E-state index contributed by atoms with van der Waals surface area (Å²) in [5.41, 5.74) is 0.790. The maximum absolute atomic E-state index is 11.4. The van der Waals surface area contributed by atoms with Gasteiger partial charge in [0, 0.05) is 12.7 Å². The van der Waals surface area contributed by atoms with E-state index in [2.05, 4.69) is 0 Å². The van der Waals surface area contributed by atoms with Crippen LogP contribution in [0, 0.1) is 0 Å². The van der Waals surface area contributed by atoms with Crippen LogP contribution in [-0.2, 0) is 14.6 Å². The molecule has 0 heterocycles. The van der Waals surface area contributed by atoms with E-state index in [9.17, 15) is 13.2 Å². The molecule has 0 aliphatic rings. The van der Waals surface area contributed by atoms with Gasteiger partial charge in [-0.15, -0.1) is 0 Å². The molecule has 0 rings (SSSR count). The van der Waals surface area contributed by atoms with Gasteiger partial charge in [0.1, 0.15) is 9.84 Å². The van der Waals surface area contributed by atoms with E-state index in [1.54, 1.807) is 6.08 Å². The van der Waals surface area contributed by atoms with Crippen LogP contribution >= 0.6 is 0 Å². The van der Waals surface area contributed by atoms with Crippen LogP contribution in [0.1, 0.15) is 33.1 Å². The highest BCUT2D eigenvalue weighted by Crippen LogP contribution is 2.07. The molecule has 0 atom stereocenters. The standard InChI is InChI=1S/C10H18O3S/c1-4-9(5-2)10(11)7-6-8-14(3,12)13/h4H,5-8H2,1-3H3. The van der Waals surface area contributed by atoms with Gasteiger partial charge in [-0.3, -0.25) is 4.79 Å². The number of ketones is 1. The summed E-state index contributed by atoms with van der Waals surface area (Å²) < 4.78 is 21.6. The molecule has 0 unspecified atom stereocenters. The molecule has 0 saturated carbocycles. The number of carbonyl (C=O) groups is 1. The Morgan fingerprint density at radius 3 is 2.29 bits per heavy atom. The van der Waals surface area contributed by atoms with Crippen molar-refractivity contribution in [3.05, 3.63) is 11.6 Å². The third kappa shape index (κ3) is 5.91. The van der Waals surface area contributed by atoms with Gasteiger partial charge < -0.3 is 0 Å². The Morgan fingerprint density at radius 2 is 1.93 bits per heavy atom. The van der Waals surface area contributed by atoms with Gasteiger partial charge in [-0.25, -0.2) is 8.42 Å². The summed E-state index contributed by atoms with van der Waals surface area (Å²) in [6.45, 7) is 3.75. The second-order valence-corrected chi connectivity index (χ2v) is 5.58. The Labute approximate surface area is 86.1 Å².